The number of nitrogens with zero attached hydrogens (tertiary/aromatic N) is 2. The monoisotopic (exact) mass is 414 g/mol. The molecule has 1 fully saturated rings. The zero-order valence-corrected chi connectivity index (χ0v) is 16.6. The van der Waals surface area contributed by atoms with Gasteiger partial charge in [0, 0.05) is 29.5 Å². The summed E-state index contributed by atoms with van der Waals surface area (Å²) < 4.78 is 13.6. The molecule has 4 rings (SSSR count). The lowest BCUT2D eigenvalue weighted by Crippen LogP contribution is -2.16. The van der Waals surface area contributed by atoms with Crippen molar-refractivity contribution in [2.24, 2.45) is 5.92 Å². The van der Waals surface area contributed by atoms with E-state index in [4.69, 9.17) is 11.6 Å². The second-order valence-electron chi connectivity index (χ2n) is 7.47. The van der Waals surface area contributed by atoms with Crippen molar-refractivity contribution in [3.05, 3.63) is 63.0 Å². The van der Waals surface area contributed by atoms with Crippen molar-refractivity contribution in [3.8, 4) is 0 Å². The molecular formula is C21H20ClFN4O2. The minimum absolute atomic E-state index is 0.000753. The van der Waals surface area contributed by atoms with Crippen molar-refractivity contribution in [3.63, 3.8) is 0 Å². The van der Waals surface area contributed by atoms with Crippen LogP contribution in [0.4, 0.5) is 10.2 Å². The fourth-order valence-corrected chi connectivity index (χ4v) is 3.42. The van der Waals surface area contributed by atoms with E-state index >= 15 is 0 Å². The van der Waals surface area contributed by atoms with Crippen molar-refractivity contribution in [1.29, 1.82) is 0 Å². The van der Waals surface area contributed by atoms with E-state index in [-0.39, 0.29) is 28.3 Å². The summed E-state index contributed by atoms with van der Waals surface area (Å²) in [5, 5.41) is 3.51. The smallest absolute Gasteiger partial charge is 0.251 e. The summed E-state index contributed by atoms with van der Waals surface area (Å²) in [7, 11) is 0. The molecule has 2 N–H and O–H groups in total. The summed E-state index contributed by atoms with van der Waals surface area (Å²) >= 11 is 5.86. The van der Waals surface area contributed by atoms with Gasteiger partial charge in [0.05, 0.1) is 10.5 Å². The maximum atomic E-state index is 13.6. The summed E-state index contributed by atoms with van der Waals surface area (Å²) in [6.45, 7) is 1.94. The number of rotatable bonds is 6. The molecule has 2 heterocycles. The topological polar surface area (TPSA) is 87.7 Å². The minimum atomic E-state index is -0.568. The van der Waals surface area contributed by atoms with E-state index in [1.807, 2.05) is 6.92 Å². The number of nitrogens with one attached hydrogen (secondary N) is 2. The first kappa shape index (κ1) is 19.5. The Balaban J connectivity index is 1.47. The number of fused-ring (bicyclic) bond motifs is 1. The first-order valence-corrected chi connectivity index (χ1v) is 9.93. The Morgan fingerprint density at radius 3 is 2.93 bits per heavy atom. The van der Waals surface area contributed by atoms with Gasteiger partial charge in [0.2, 0.25) is 5.91 Å². The number of carbonyl (C=O) groups is 1. The van der Waals surface area contributed by atoms with Gasteiger partial charge in [-0.15, -0.1) is 0 Å². The summed E-state index contributed by atoms with van der Waals surface area (Å²) in [4.78, 5) is 35.7. The number of H-pyrrole nitrogens is 1. The van der Waals surface area contributed by atoms with E-state index in [1.165, 1.54) is 12.1 Å². The second kappa shape index (κ2) is 7.91. The summed E-state index contributed by atoms with van der Waals surface area (Å²) in [5.74, 6) is 0.574. The first-order chi connectivity index (χ1) is 13.9. The number of pyridine rings is 1. The van der Waals surface area contributed by atoms with Crippen LogP contribution in [0.15, 0.2) is 35.3 Å². The molecule has 150 valence electrons. The predicted molar refractivity (Wildman–Crippen MR) is 110 cm³/mol. The van der Waals surface area contributed by atoms with E-state index < -0.39 is 5.82 Å². The molecule has 1 aromatic carbocycles. The second-order valence-corrected chi connectivity index (χ2v) is 7.88. The lowest BCUT2D eigenvalue weighted by atomic mass is 9.96. The third-order valence-electron chi connectivity index (χ3n) is 5.15. The number of halogens is 2. The number of hydrogen-bond donors (Lipinski definition) is 2. The van der Waals surface area contributed by atoms with Gasteiger partial charge in [0.25, 0.3) is 5.56 Å². The zero-order valence-electron chi connectivity index (χ0n) is 15.8. The molecule has 3 aromatic rings. The first-order valence-electron chi connectivity index (χ1n) is 9.55. The van der Waals surface area contributed by atoms with Gasteiger partial charge in [-0.1, -0.05) is 18.5 Å². The van der Waals surface area contributed by atoms with E-state index in [0.29, 0.717) is 41.0 Å². The van der Waals surface area contributed by atoms with Gasteiger partial charge in [-0.05, 0) is 49.4 Å². The molecule has 0 unspecified atom stereocenters. The van der Waals surface area contributed by atoms with Crippen LogP contribution in [0, 0.1) is 11.7 Å². The normalized spacial score (nSPS) is 14.7. The maximum Gasteiger partial charge on any atom is 0.251 e. The van der Waals surface area contributed by atoms with Crippen molar-refractivity contribution < 1.29 is 9.18 Å². The highest BCUT2D eigenvalue weighted by atomic mass is 35.5. The van der Waals surface area contributed by atoms with Crippen LogP contribution in [0.2, 0.25) is 5.02 Å². The number of benzene rings is 1. The lowest BCUT2D eigenvalue weighted by Gasteiger charge is -2.12. The van der Waals surface area contributed by atoms with Crippen LogP contribution in [0.3, 0.4) is 0 Å². The Labute approximate surface area is 171 Å². The number of hydrogen-bond acceptors (Lipinski definition) is 4. The van der Waals surface area contributed by atoms with Crippen molar-refractivity contribution in [2.45, 2.75) is 38.5 Å². The molecule has 1 atom stereocenters. The summed E-state index contributed by atoms with van der Waals surface area (Å²) in [5.41, 5.74) is 0.756. The molecule has 0 aliphatic heterocycles. The molecule has 0 radical (unpaired) electrons. The molecule has 6 nitrogen and oxygen atoms in total. The Bertz CT molecular complexity index is 1140. The van der Waals surface area contributed by atoms with Crippen molar-refractivity contribution >= 4 is 34.2 Å². The van der Waals surface area contributed by atoms with Crippen LogP contribution in [-0.2, 0) is 11.2 Å². The minimum Gasteiger partial charge on any atom is -0.322 e. The van der Waals surface area contributed by atoms with Crippen LogP contribution in [-0.4, -0.2) is 20.9 Å². The molecule has 1 aliphatic carbocycles. The van der Waals surface area contributed by atoms with Gasteiger partial charge in [0.15, 0.2) is 0 Å². The van der Waals surface area contributed by atoms with Gasteiger partial charge in [0.1, 0.15) is 17.5 Å². The van der Waals surface area contributed by atoms with Crippen LogP contribution < -0.4 is 10.9 Å². The molecule has 0 spiro atoms. The quantitative estimate of drug-likeness (QED) is 0.632. The molecule has 1 aliphatic rings. The highest BCUT2D eigenvalue weighted by molar-refractivity contribution is 6.31. The zero-order chi connectivity index (χ0) is 20.5. The fourth-order valence-electron chi connectivity index (χ4n) is 3.25. The van der Waals surface area contributed by atoms with Crippen LogP contribution in [0.1, 0.15) is 43.5 Å². The molecule has 0 bridgehead atoms. The third-order valence-corrected chi connectivity index (χ3v) is 5.44. The molecule has 0 saturated heterocycles. The average molecular weight is 415 g/mol. The molecule has 29 heavy (non-hydrogen) atoms. The largest absolute Gasteiger partial charge is 0.322 e. The van der Waals surface area contributed by atoms with Gasteiger partial charge in [-0.25, -0.2) is 14.4 Å². The van der Waals surface area contributed by atoms with Crippen molar-refractivity contribution in [1.82, 2.24) is 15.0 Å². The van der Waals surface area contributed by atoms with Gasteiger partial charge in [-0.3, -0.25) is 9.59 Å². The highest BCUT2D eigenvalue weighted by Crippen LogP contribution is 2.30. The molecule has 2 aromatic heterocycles. The van der Waals surface area contributed by atoms with Gasteiger partial charge < -0.3 is 10.3 Å². The van der Waals surface area contributed by atoms with Crippen molar-refractivity contribution in [2.75, 3.05) is 5.32 Å². The standard InChI is InChI=1S/C21H20ClFN4O2/c1-11(14-8-13-9-15(22)16(23)10-17(13)25-21(14)29)2-5-18-24-7-6-19(26-18)27-20(28)12-3-4-12/h6-12H,2-5H2,1H3,(H,25,29)(H,24,26,27,28)/t11-/m1/s1. The van der Waals surface area contributed by atoms with Gasteiger partial charge in [-0.2, -0.15) is 0 Å². The van der Waals surface area contributed by atoms with E-state index in [9.17, 15) is 14.0 Å². The Kier molecular flexibility index (Phi) is 5.32. The number of anilines is 1. The SMILES string of the molecule is C[C@H](CCc1nccc(NC(=O)C2CC2)n1)c1cc2cc(Cl)c(F)cc2[nH]c1=O. The lowest BCUT2D eigenvalue weighted by molar-refractivity contribution is -0.117. The fraction of sp³-hybridized carbons (Fsp3) is 0.333. The molecule has 1 saturated carbocycles. The highest BCUT2D eigenvalue weighted by Gasteiger charge is 2.29. The predicted octanol–water partition coefficient (Wildman–Crippen LogP) is 4.20. The van der Waals surface area contributed by atoms with E-state index in [2.05, 4.69) is 20.3 Å². The Morgan fingerprint density at radius 1 is 1.38 bits per heavy atom. The van der Waals surface area contributed by atoms with Crippen LogP contribution >= 0.6 is 11.6 Å². The van der Waals surface area contributed by atoms with Crippen LogP contribution in [0.25, 0.3) is 10.9 Å². The average Bonchev–Trinajstić information content (AvgIpc) is 3.53. The molecule has 1 amide bonds. The molecular weight excluding hydrogens is 395 g/mol. The van der Waals surface area contributed by atoms with E-state index in [1.54, 1.807) is 18.3 Å². The number of aromatic amines is 1. The number of aromatic nitrogens is 3. The number of carbonyl (C=O) groups excluding carboxylic acids is 1. The summed E-state index contributed by atoms with van der Waals surface area (Å²) in [6, 6.07) is 6.15. The number of aryl methyl sites for hydroxylation is 1. The molecule has 8 heteroatoms. The number of amides is 1. The maximum absolute atomic E-state index is 13.6. The van der Waals surface area contributed by atoms with Gasteiger partial charge >= 0.3 is 0 Å². The Morgan fingerprint density at radius 2 is 2.17 bits per heavy atom. The third kappa shape index (κ3) is 4.45. The summed E-state index contributed by atoms with van der Waals surface area (Å²) in [6.07, 6.45) is 4.67. The van der Waals surface area contributed by atoms with Crippen LogP contribution in [0.5, 0.6) is 0 Å². The Hall–Kier alpha value is -2.80. The van der Waals surface area contributed by atoms with E-state index in [0.717, 1.165) is 12.8 Å².